The van der Waals surface area contributed by atoms with Gasteiger partial charge in [-0.2, -0.15) is 0 Å². The Kier molecular flexibility index (Phi) is 3.99. The van der Waals surface area contributed by atoms with Gasteiger partial charge in [0.15, 0.2) is 5.82 Å². The number of aromatic nitrogens is 4. The molecule has 0 saturated heterocycles. The molecule has 2 N–H and O–H groups in total. The van der Waals surface area contributed by atoms with Gasteiger partial charge in [0.1, 0.15) is 0 Å². The lowest BCUT2D eigenvalue weighted by molar-refractivity contribution is 0.200. The first-order valence-corrected chi connectivity index (χ1v) is 7.01. The van der Waals surface area contributed by atoms with Crippen LogP contribution in [0.5, 0.6) is 0 Å². The number of nitrogens with zero attached hydrogens (tertiary/aromatic N) is 4. The van der Waals surface area contributed by atoms with Gasteiger partial charge in [-0.1, -0.05) is 45.4 Å². The Bertz CT molecular complexity index is 603. The minimum absolute atomic E-state index is 0.0803. The standard InChI is InChI=1S/C14H20ClN5/c1-9(2)14(3,4)8-20-13(17-18-19-20)10-6-5-7-11(16)12(10)15/h5-7,9H,8,16H2,1-4H3. The van der Waals surface area contributed by atoms with Crippen molar-refractivity contribution in [1.29, 1.82) is 0 Å². The minimum Gasteiger partial charge on any atom is -0.398 e. The fourth-order valence-electron chi connectivity index (χ4n) is 1.80. The summed E-state index contributed by atoms with van der Waals surface area (Å²) < 4.78 is 1.79. The van der Waals surface area contributed by atoms with E-state index < -0.39 is 0 Å². The lowest BCUT2D eigenvalue weighted by Gasteiger charge is -2.29. The quantitative estimate of drug-likeness (QED) is 0.879. The highest BCUT2D eigenvalue weighted by Gasteiger charge is 2.26. The van der Waals surface area contributed by atoms with Crippen molar-refractivity contribution in [3.63, 3.8) is 0 Å². The van der Waals surface area contributed by atoms with Crippen molar-refractivity contribution in [2.75, 3.05) is 5.73 Å². The second-order valence-electron chi connectivity index (χ2n) is 6.01. The SMILES string of the molecule is CC(C)C(C)(C)Cn1nnnc1-c1cccc(N)c1Cl. The van der Waals surface area contributed by atoms with E-state index in [-0.39, 0.29) is 5.41 Å². The van der Waals surface area contributed by atoms with Gasteiger partial charge in [-0.05, 0) is 33.9 Å². The van der Waals surface area contributed by atoms with Gasteiger partial charge in [0.25, 0.3) is 0 Å². The summed E-state index contributed by atoms with van der Waals surface area (Å²) in [5.74, 6) is 1.16. The Morgan fingerprint density at radius 1 is 1.35 bits per heavy atom. The third kappa shape index (κ3) is 2.77. The third-order valence-corrected chi connectivity index (χ3v) is 4.34. The predicted octanol–water partition coefficient (Wildman–Crippen LogP) is 3.26. The fourth-order valence-corrected chi connectivity index (χ4v) is 2.01. The Hall–Kier alpha value is -1.62. The van der Waals surface area contributed by atoms with Crippen LogP contribution in [0.2, 0.25) is 5.02 Å². The molecule has 1 aromatic heterocycles. The van der Waals surface area contributed by atoms with E-state index in [0.717, 1.165) is 12.1 Å². The minimum atomic E-state index is 0.0803. The highest BCUT2D eigenvalue weighted by Crippen LogP contribution is 2.33. The number of nitrogens with two attached hydrogens (primary N) is 1. The summed E-state index contributed by atoms with van der Waals surface area (Å²) >= 11 is 6.26. The molecule has 0 amide bonds. The molecule has 2 aromatic rings. The maximum Gasteiger partial charge on any atom is 0.183 e. The maximum atomic E-state index is 6.26. The fraction of sp³-hybridized carbons (Fsp3) is 0.500. The van der Waals surface area contributed by atoms with Gasteiger partial charge in [-0.3, -0.25) is 0 Å². The number of rotatable bonds is 4. The zero-order valence-electron chi connectivity index (χ0n) is 12.3. The van der Waals surface area contributed by atoms with Crippen LogP contribution in [0.4, 0.5) is 5.69 Å². The van der Waals surface area contributed by atoms with Crippen LogP contribution in [0.15, 0.2) is 18.2 Å². The monoisotopic (exact) mass is 293 g/mol. The van der Waals surface area contributed by atoms with E-state index in [1.807, 2.05) is 12.1 Å². The molecular weight excluding hydrogens is 274 g/mol. The molecule has 108 valence electrons. The molecule has 0 spiro atoms. The number of nitrogen functional groups attached to an aromatic ring is 1. The van der Waals surface area contributed by atoms with Crippen molar-refractivity contribution in [2.24, 2.45) is 11.3 Å². The van der Waals surface area contributed by atoms with Crippen LogP contribution in [-0.2, 0) is 6.54 Å². The van der Waals surface area contributed by atoms with E-state index in [4.69, 9.17) is 17.3 Å². The molecule has 0 bridgehead atoms. The normalized spacial score (nSPS) is 12.1. The van der Waals surface area contributed by atoms with Crippen LogP contribution in [-0.4, -0.2) is 20.2 Å². The number of tetrazole rings is 1. The van der Waals surface area contributed by atoms with E-state index in [1.165, 1.54) is 0 Å². The van der Waals surface area contributed by atoms with Crippen molar-refractivity contribution in [3.05, 3.63) is 23.2 Å². The third-order valence-electron chi connectivity index (χ3n) is 3.92. The van der Waals surface area contributed by atoms with Gasteiger partial charge < -0.3 is 5.73 Å². The summed E-state index contributed by atoms with van der Waals surface area (Å²) in [4.78, 5) is 0. The van der Waals surface area contributed by atoms with Crippen LogP contribution in [0, 0.1) is 11.3 Å². The number of hydrogen-bond donors (Lipinski definition) is 1. The lowest BCUT2D eigenvalue weighted by Crippen LogP contribution is -2.26. The summed E-state index contributed by atoms with van der Waals surface area (Å²) in [5, 5.41) is 12.4. The zero-order chi connectivity index (χ0) is 14.9. The Morgan fingerprint density at radius 3 is 2.70 bits per heavy atom. The van der Waals surface area contributed by atoms with E-state index in [0.29, 0.717) is 22.5 Å². The van der Waals surface area contributed by atoms with Gasteiger partial charge in [-0.15, -0.1) is 5.10 Å². The van der Waals surface area contributed by atoms with Gasteiger partial charge in [0, 0.05) is 5.56 Å². The molecule has 0 aliphatic carbocycles. The maximum absolute atomic E-state index is 6.26. The molecule has 20 heavy (non-hydrogen) atoms. The first-order valence-electron chi connectivity index (χ1n) is 6.63. The first-order chi connectivity index (χ1) is 9.33. The molecular formula is C14H20ClN5. The van der Waals surface area contributed by atoms with Crippen molar-refractivity contribution < 1.29 is 0 Å². The van der Waals surface area contributed by atoms with Crippen LogP contribution >= 0.6 is 11.6 Å². The average molecular weight is 294 g/mol. The largest absolute Gasteiger partial charge is 0.398 e. The zero-order valence-corrected chi connectivity index (χ0v) is 13.0. The molecule has 0 aliphatic rings. The lowest BCUT2D eigenvalue weighted by atomic mass is 9.81. The summed E-state index contributed by atoms with van der Waals surface area (Å²) in [5.41, 5.74) is 7.21. The van der Waals surface area contributed by atoms with Crippen LogP contribution in [0.3, 0.4) is 0 Å². The molecule has 6 heteroatoms. The average Bonchev–Trinajstić information content (AvgIpc) is 2.80. The Labute approximate surface area is 124 Å². The predicted molar refractivity (Wildman–Crippen MR) is 81.3 cm³/mol. The number of anilines is 1. The highest BCUT2D eigenvalue weighted by molar-refractivity contribution is 6.35. The van der Waals surface area contributed by atoms with E-state index >= 15 is 0 Å². The van der Waals surface area contributed by atoms with Crippen LogP contribution in [0.1, 0.15) is 27.7 Å². The topological polar surface area (TPSA) is 69.6 Å². The molecule has 1 aromatic carbocycles. The van der Waals surface area contributed by atoms with E-state index in [1.54, 1.807) is 10.7 Å². The highest BCUT2D eigenvalue weighted by atomic mass is 35.5. The van der Waals surface area contributed by atoms with E-state index in [9.17, 15) is 0 Å². The smallest absolute Gasteiger partial charge is 0.183 e. The van der Waals surface area contributed by atoms with E-state index in [2.05, 4.69) is 43.2 Å². The van der Waals surface area contributed by atoms with Crippen molar-refractivity contribution >= 4 is 17.3 Å². The summed E-state index contributed by atoms with van der Waals surface area (Å²) in [6.07, 6.45) is 0. The molecule has 0 atom stereocenters. The molecule has 2 rings (SSSR count). The molecule has 0 fully saturated rings. The van der Waals surface area contributed by atoms with Crippen molar-refractivity contribution in [2.45, 2.75) is 34.2 Å². The van der Waals surface area contributed by atoms with Crippen molar-refractivity contribution in [3.8, 4) is 11.4 Å². The molecule has 5 nitrogen and oxygen atoms in total. The molecule has 0 aliphatic heterocycles. The van der Waals surface area contributed by atoms with Crippen LogP contribution < -0.4 is 5.73 Å². The molecule has 1 heterocycles. The second-order valence-corrected chi connectivity index (χ2v) is 6.39. The summed E-state index contributed by atoms with van der Waals surface area (Å²) in [6.45, 7) is 9.50. The molecule has 0 saturated carbocycles. The van der Waals surface area contributed by atoms with Gasteiger partial charge in [0.05, 0.1) is 17.3 Å². The van der Waals surface area contributed by atoms with Gasteiger partial charge in [0.2, 0.25) is 0 Å². The summed E-state index contributed by atoms with van der Waals surface area (Å²) in [7, 11) is 0. The molecule has 0 unspecified atom stereocenters. The second kappa shape index (κ2) is 5.40. The number of benzene rings is 1. The number of halogens is 1. The van der Waals surface area contributed by atoms with Gasteiger partial charge in [-0.25, -0.2) is 4.68 Å². The Balaban J connectivity index is 2.41. The number of hydrogen-bond acceptors (Lipinski definition) is 4. The van der Waals surface area contributed by atoms with Crippen LogP contribution in [0.25, 0.3) is 11.4 Å². The molecule has 0 radical (unpaired) electrons. The first kappa shape index (κ1) is 14.8. The van der Waals surface area contributed by atoms with Gasteiger partial charge >= 0.3 is 0 Å². The Morgan fingerprint density at radius 2 is 2.05 bits per heavy atom. The summed E-state index contributed by atoms with van der Waals surface area (Å²) in [6, 6.07) is 5.49. The van der Waals surface area contributed by atoms with Crippen molar-refractivity contribution in [1.82, 2.24) is 20.2 Å².